The average molecular weight is 478 g/mol. The zero-order chi connectivity index (χ0) is 22.3. The molecule has 0 aliphatic carbocycles. The van der Waals surface area contributed by atoms with Crippen molar-refractivity contribution in [2.75, 3.05) is 4.90 Å². The molecule has 0 aromatic heterocycles. The molecule has 1 heterocycles. The first-order valence-electron chi connectivity index (χ1n) is 9.71. The fourth-order valence-corrected chi connectivity index (χ4v) is 4.16. The lowest BCUT2D eigenvalue weighted by Crippen LogP contribution is -2.30. The Balaban J connectivity index is 1.96. The molecule has 3 aromatic carbocycles. The molecule has 1 unspecified atom stereocenters. The van der Waals surface area contributed by atoms with Gasteiger partial charge < -0.3 is 10.2 Å². The van der Waals surface area contributed by atoms with Gasteiger partial charge in [-0.05, 0) is 55.3 Å². The highest BCUT2D eigenvalue weighted by molar-refractivity contribution is 9.10. The molecular formula is C25H20BrNO4. The summed E-state index contributed by atoms with van der Waals surface area (Å²) in [5.41, 5.74) is 3.53. The van der Waals surface area contributed by atoms with Crippen LogP contribution in [0.5, 0.6) is 5.75 Å². The van der Waals surface area contributed by atoms with E-state index in [9.17, 15) is 19.8 Å². The molecule has 31 heavy (non-hydrogen) atoms. The van der Waals surface area contributed by atoms with Crippen molar-refractivity contribution in [2.45, 2.75) is 19.9 Å². The molecular weight excluding hydrogens is 458 g/mol. The van der Waals surface area contributed by atoms with Crippen molar-refractivity contribution in [2.24, 2.45) is 0 Å². The summed E-state index contributed by atoms with van der Waals surface area (Å²) in [6.45, 7) is 3.83. The normalized spacial score (nSPS) is 17.9. The molecule has 1 atom stereocenters. The summed E-state index contributed by atoms with van der Waals surface area (Å²) in [5, 5.41) is 20.8. The van der Waals surface area contributed by atoms with Crippen LogP contribution >= 0.6 is 15.9 Å². The van der Waals surface area contributed by atoms with Crippen LogP contribution in [0.2, 0.25) is 0 Å². The molecule has 1 fully saturated rings. The van der Waals surface area contributed by atoms with Crippen molar-refractivity contribution in [3.05, 3.63) is 99.0 Å². The monoisotopic (exact) mass is 477 g/mol. The second kappa shape index (κ2) is 8.04. The number of phenols is 1. The fourth-order valence-electron chi connectivity index (χ4n) is 3.89. The zero-order valence-corrected chi connectivity index (χ0v) is 18.6. The van der Waals surface area contributed by atoms with E-state index in [1.165, 1.54) is 17.0 Å². The van der Waals surface area contributed by atoms with Crippen LogP contribution in [0.4, 0.5) is 5.69 Å². The number of benzene rings is 3. The number of hydrogen-bond acceptors (Lipinski definition) is 4. The maximum atomic E-state index is 13.2. The molecule has 0 radical (unpaired) electrons. The number of aryl methyl sites for hydroxylation is 2. The molecule has 0 spiro atoms. The van der Waals surface area contributed by atoms with Crippen LogP contribution < -0.4 is 4.90 Å². The molecule has 156 valence electrons. The first-order valence-corrected chi connectivity index (χ1v) is 10.5. The minimum atomic E-state index is -0.828. The van der Waals surface area contributed by atoms with E-state index < -0.39 is 17.7 Å². The topological polar surface area (TPSA) is 77.8 Å². The Morgan fingerprint density at radius 2 is 1.58 bits per heavy atom. The van der Waals surface area contributed by atoms with E-state index >= 15 is 0 Å². The van der Waals surface area contributed by atoms with Crippen LogP contribution in [0.1, 0.15) is 28.3 Å². The number of aliphatic hydroxyl groups is 1. The number of phenolic OH excluding ortho intramolecular Hbond substituents is 1. The maximum absolute atomic E-state index is 13.2. The van der Waals surface area contributed by atoms with Crippen molar-refractivity contribution in [3.63, 3.8) is 0 Å². The number of ketones is 1. The quantitative estimate of drug-likeness (QED) is 0.300. The van der Waals surface area contributed by atoms with Crippen LogP contribution in [0.3, 0.4) is 0 Å². The third kappa shape index (κ3) is 3.75. The van der Waals surface area contributed by atoms with Gasteiger partial charge in [0.2, 0.25) is 0 Å². The molecule has 2 N–H and O–H groups in total. The lowest BCUT2D eigenvalue weighted by Gasteiger charge is -2.27. The molecule has 6 heteroatoms. The average Bonchev–Trinajstić information content (AvgIpc) is 3.00. The number of Topliss-reactive ketones (excluding diaryl/α,β-unsaturated/α-hetero) is 1. The van der Waals surface area contributed by atoms with Crippen LogP contribution in [-0.4, -0.2) is 21.9 Å². The maximum Gasteiger partial charge on any atom is 0.300 e. The predicted octanol–water partition coefficient (Wildman–Crippen LogP) is 5.40. The minimum Gasteiger partial charge on any atom is -0.508 e. The molecule has 1 amide bonds. The lowest BCUT2D eigenvalue weighted by atomic mass is 9.94. The van der Waals surface area contributed by atoms with Gasteiger partial charge in [0.05, 0.1) is 11.6 Å². The van der Waals surface area contributed by atoms with Gasteiger partial charge in [0.1, 0.15) is 11.5 Å². The number of anilines is 1. The van der Waals surface area contributed by atoms with Crippen LogP contribution in [-0.2, 0) is 9.59 Å². The number of carbonyl (C=O) groups excluding carboxylic acids is 2. The van der Waals surface area contributed by atoms with Gasteiger partial charge in [0, 0.05) is 15.7 Å². The van der Waals surface area contributed by atoms with Gasteiger partial charge in [-0.25, -0.2) is 0 Å². The van der Waals surface area contributed by atoms with Crippen molar-refractivity contribution in [3.8, 4) is 5.75 Å². The van der Waals surface area contributed by atoms with Crippen molar-refractivity contribution >= 4 is 39.1 Å². The number of carbonyl (C=O) groups is 2. The molecule has 0 saturated carbocycles. The SMILES string of the molecule is Cc1ccc(N2C(=O)C(=O)/C(=C(/O)c3ccc(Br)cc3)C2c2ccc(O)cc2)c(C)c1. The van der Waals surface area contributed by atoms with E-state index in [0.29, 0.717) is 16.8 Å². The summed E-state index contributed by atoms with van der Waals surface area (Å²) in [5.74, 6) is -1.63. The summed E-state index contributed by atoms with van der Waals surface area (Å²) in [6, 6.07) is 18.0. The fraction of sp³-hybridized carbons (Fsp3) is 0.120. The summed E-state index contributed by atoms with van der Waals surface area (Å²) in [6.07, 6.45) is 0. The second-order valence-corrected chi connectivity index (χ2v) is 8.47. The summed E-state index contributed by atoms with van der Waals surface area (Å²) >= 11 is 3.36. The van der Waals surface area contributed by atoms with Crippen molar-refractivity contribution in [1.82, 2.24) is 0 Å². The highest BCUT2D eigenvalue weighted by Gasteiger charge is 2.47. The number of nitrogens with zero attached hydrogens (tertiary/aromatic N) is 1. The highest BCUT2D eigenvalue weighted by atomic mass is 79.9. The molecule has 5 nitrogen and oxygen atoms in total. The van der Waals surface area contributed by atoms with Crippen LogP contribution in [0.25, 0.3) is 5.76 Å². The lowest BCUT2D eigenvalue weighted by molar-refractivity contribution is -0.132. The third-order valence-electron chi connectivity index (χ3n) is 5.38. The van der Waals surface area contributed by atoms with E-state index in [1.807, 2.05) is 32.0 Å². The zero-order valence-electron chi connectivity index (χ0n) is 17.0. The second-order valence-electron chi connectivity index (χ2n) is 7.56. The van der Waals surface area contributed by atoms with Gasteiger partial charge in [-0.2, -0.15) is 0 Å². The Morgan fingerprint density at radius 1 is 0.935 bits per heavy atom. The predicted molar refractivity (Wildman–Crippen MR) is 123 cm³/mol. The minimum absolute atomic E-state index is 0.0120. The Hall–Kier alpha value is -3.38. The molecule has 1 aliphatic heterocycles. The van der Waals surface area contributed by atoms with Crippen LogP contribution in [0.15, 0.2) is 76.8 Å². The Morgan fingerprint density at radius 3 is 2.19 bits per heavy atom. The Bertz CT molecular complexity index is 1210. The molecule has 3 aromatic rings. The number of aliphatic hydroxyl groups excluding tert-OH is 1. The number of amides is 1. The van der Waals surface area contributed by atoms with Gasteiger partial charge in [0.25, 0.3) is 11.7 Å². The molecule has 1 saturated heterocycles. The van der Waals surface area contributed by atoms with Gasteiger partial charge in [-0.3, -0.25) is 14.5 Å². The van der Waals surface area contributed by atoms with E-state index in [-0.39, 0.29) is 17.1 Å². The standard InChI is InChI=1S/C25H20BrNO4/c1-14-3-12-20(15(2)13-14)27-22(16-6-10-19(28)11-7-16)21(24(30)25(27)31)23(29)17-4-8-18(26)9-5-17/h3-13,22,28-29H,1-2H3/b23-21+. The molecule has 4 rings (SSSR count). The number of aromatic hydroxyl groups is 1. The number of rotatable bonds is 3. The van der Waals surface area contributed by atoms with Gasteiger partial charge in [-0.15, -0.1) is 0 Å². The van der Waals surface area contributed by atoms with E-state index in [1.54, 1.807) is 36.4 Å². The first kappa shape index (κ1) is 20.9. The molecule has 1 aliphatic rings. The third-order valence-corrected chi connectivity index (χ3v) is 5.91. The Kier molecular flexibility index (Phi) is 5.41. The smallest absolute Gasteiger partial charge is 0.300 e. The first-order chi connectivity index (χ1) is 14.8. The van der Waals surface area contributed by atoms with E-state index in [2.05, 4.69) is 15.9 Å². The highest BCUT2D eigenvalue weighted by Crippen LogP contribution is 2.43. The van der Waals surface area contributed by atoms with Gasteiger partial charge in [-0.1, -0.05) is 57.9 Å². The van der Waals surface area contributed by atoms with Gasteiger partial charge >= 0.3 is 0 Å². The summed E-state index contributed by atoms with van der Waals surface area (Å²) in [4.78, 5) is 27.7. The van der Waals surface area contributed by atoms with Gasteiger partial charge in [0.15, 0.2) is 0 Å². The Labute approximate surface area is 188 Å². The summed E-state index contributed by atoms with van der Waals surface area (Å²) in [7, 11) is 0. The summed E-state index contributed by atoms with van der Waals surface area (Å²) < 4.78 is 0.829. The number of hydrogen-bond donors (Lipinski definition) is 2. The number of halogens is 1. The van der Waals surface area contributed by atoms with Crippen molar-refractivity contribution < 1.29 is 19.8 Å². The largest absolute Gasteiger partial charge is 0.508 e. The molecule has 0 bridgehead atoms. The van der Waals surface area contributed by atoms with Crippen molar-refractivity contribution in [1.29, 1.82) is 0 Å². The van der Waals surface area contributed by atoms with Crippen LogP contribution in [0, 0.1) is 13.8 Å². The van der Waals surface area contributed by atoms with E-state index in [0.717, 1.165) is 15.6 Å². The van der Waals surface area contributed by atoms with E-state index in [4.69, 9.17) is 0 Å².